The predicted molar refractivity (Wildman–Crippen MR) is 143 cm³/mol. The van der Waals surface area contributed by atoms with Crippen LogP contribution in [0.3, 0.4) is 0 Å². The van der Waals surface area contributed by atoms with E-state index in [1.165, 1.54) is 12.0 Å². The van der Waals surface area contributed by atoms with E-state index in [1.807, 2.05) is 26.0 Å². The third-order valence-electron chi connectivity index (χ3n) is 6.90. The number of allylic oxidation sites excluding steroid dienone is 9. The van der Waals surface area contributed by atoms with E-state index in [1.54, 1.807) is 0 Å². The van der Waals surface area contributed by atoms with Gasteiger partial charge in [-0.2, -0.15) is 0 Å². The van der Waals surface area contributed by atoms with Gasteiger partial charge in [0.05, 0.1) is 5.69 Å². The first kappa shape index (κ1) is 22.3. The maximum Gasteiger partial charge on any atom is 0.165 e. The Balaban J connectivity index is 1.71. The van der Waals surface area contributed by atoms with Crippen LogP contribution < -0.4 is 5.73 Å². The monoisotopic (exact) mass is 448 g/mol. The van der Waals surface area contributed by atoms with Crippen LogP contribution in [0.15, 0.2) is 85.0 Å². The van der Waals surface area contributed by atoms with Crippen LogP contribution in [0, 0.1) is 0 Å². The van der Waals surface area contributed by atoms with Gasteiger partial charge < -0.3 is 5.73 Å². The highest BCUT2D eigenvalue weighted by molar-refractivity contribution is 5.86. The minimum absolute atomic E-state index is 0.182. The van der Waals surface area contributed by atoms with Crippen molar-refractivity contribution >= 4 is 22.3 Å². The second kappa shape index (κ2) is 9.03. The summed E-state index contributed by atoms with van der Waals surface area (Å²) >= 11 is 0. The summed E-state index contributed by atoms with van der Waals surface area (Å²) in [7, 11) is 0. The van der Waals surface area contributed by atoms with Gasteiger partial charge in [-0.3, -0.25) is 4.57 Å². The van der Waals surface area contributed by atoms with E-state index in [-0.39, 0.29) is 5.54 Å². The summed E-state index contributed by atoms with van der Waals surface area (Å²) in [5.74, 6) is 0.845. The van der Waals surface area contributed by atoms with E-state index in [0.29, 0.717) is 0 Å². The molecular weight excluding hydrogens is 416 g/mol. The van der Waals surface area contributed by atoms with Crippen LogP contribution >= 0.6 is 0 Å². The molecule has 2 aliphatic carbocycles. The van der Waals surface area contributed by atoms with Crippen molar-refractivity contribution in [1.82, 2.24) is 14.5 Å². The largest absolute Gasteiger partial charge is 0.321 e. The molecule has 1 saturated carbocycles. The first-order chi connectivity index (χ1) is 16.5. The number of benzene rings is 1. The van der Waals surface area contributed by atoms with Gasteiger partial charge in [0.2, 0.25) is 0 Å². The lowest BCUT2D eigenvalue weighted by Crippen LogP contribution is -2.43. The van der Waals surface area contributed by atoms with Gasteiger partial charge in [0.15, 0.2) is 5.65 Å². The Bertz CT molecular complexity index is 1360. The molecule has 0 radical (unpaired) electrons. The summed E-state index contributed by atoms with van der Waals surface area (Å²) < 4.78 is 2.16. The number of nitrogens with two attached hydrogens (primary N) is 1. The highest BCUT2D eigenvalue weighted by Gasteiger charge is 2.34. The minimum Gasteiger partial charge on any atom is -0.321 e. The molecule has 0 aliphatic heterocycles. The van der Waals surface area contributed by atoms with Gasteiger partial charge in [0.25, 0.3) is 0 Å². The normalized spacial score (nSPS) is 17.7. The zero-order valence-electron chi connectivity index (χ0n) is 20.1. The van der Waals surface area contributed by atoms with Crippen molar-refractivity contribution in [3.8, 4) is 5.69 Å². The third kappa shape index (κ3) is 3.99. The van der Waals surface area contributed by atoms with Crippen LogP contribution in [0.4, 0.5) is 0 Å². The fourth-order valence-corrected chi connectivity index (χ4v) is 4.74. The zero-order chi connectivity index (χ0) is 23.7. The van der Waals surface area contributed by atoms with Gasteiger partial charge in [0.1, 0.15) is 11.3 Å². The van der Waals surface area contributed by atoms with E-state index < -0.39 is 0 Å². The Kier molecular flexibility index (Phi) is 5.93. The van der Waals surface area contributed by atoms with E-state index >= 15 is 0 Å². The molecule has 2 heterocycles. The Morgan fingerprint density at radius 1 is 1.09 bits per heavy atom. The average molecular weight is 449 g/mol. The van der Waals surface area contributed by atoms with Crippen molar-refractivity contribution in [2.45, 2.75) is 51.5 Å². The molecule has 2 N–H and O–H groups in total. The van der Waals surface area contributed by atoms with Crippen LogP contribution in [0.1, 0.15) is 63.0 Å². The molecule has 1 fully saturated rings. The second-order valence-electron chi connectivity index (χ2n) is 9.39. The Hall–Kier alpha value is -3.50. The van der Waals surface area contributed by atoms with Crippen LogP contribution in [0.2, 0.25) is 0 Å². The molecule has 172 valence electrons. The van der Waals surface area contributed by atoms with Gasteiger partial charge in [-0.1, -0.05) is 55.2 Å². The van der Waals surface area contributed by atoms with Crippen molar-refractivity contribution in [3.05, 3.63) is 102 Å². The molecule has 2 aliphatic rings. The molecule has 3 aromatic rings. The van der Waals surface area contributed by atoms with Crippen LogP contribution in [0.5, 0.6) is 0 Å². The molecule has 0 atom stereocenters. The Labute approximate surface area is 201 Å². The van der Waals surface area contributed by atoms with Crippen LogP contribution in [-0.4, -0.2) is 14.5 Å². The standard InChI is InChI=1S/C30H32N4/c1-4-5-12-25(21(2)3)28-33-27-18-17-26(22-10-7-6-8-11-22)32-29(27)34(28)24-15-13-23(14-16-24)30(31)19-9-20-30/h4-5,7,10-18H,2,6,8-9,19-20,31H2,1,3H3/b5-4-,25-12+. The maximum absolute atomic E-state index is 6.59. The lowest BCUT2D eigenvalue weighted by atomic mass is 9.73. The van der Waals surface area contributed by atoms with Gasteiger partial charge >= 0.3 is 0 Å². The first-order valence-corrected chi connectivity index (χ1v) is 12.2. The minimum atomic E-state index is -0.182. The molecule has 1 aromatic carbocycles. The van der Waals surface area contributed by atoms with Gasteiger partial charge in [-0.25, -0.2) is 9.97 Å². The summed E-state index contributed by atoms with van der Waals surface area (Å²) in [5, 5.41) is 0. The second-order valence-corrected chi connectivity index (χ2v) is 9.39. The quantitative estimate of drug-likeness (QED) is 0.412. The van der Waals surface area contributed by atoms with Crippen LogP contribution in [-0.2, 0) is 5.54 Å². The summed E-state index contributed by atoms with van der Waals surface area (Å²) in [5.41, 5.74) is 14.4. The van der Waals surface area contributed by atoms with Gasteiger partial charge in [0, 0.05) is 16.8 Å². The molecule has 0 bridgehead atoms. The lowest BCUT2D eigenvalue weighted by molar-refractivity contribution is 0.253. The molecule has 0 saturated heterocycles. The Morgan fingerprint density at radius 2 is 1.88 bits per heavy atom. The fraction of sp³-hybridized carbons (Fsp3) is 0.267. The molecule has 5 rings (SSSR count). The molecule has 0 spiro atoms. The SMILES string of the molecule is C=C(C)/C(=C\C=C/C)c1nc2ccc(C3=CCCC=C3)nc2n1-c1ccc(C2(N)CCC2)cc1. The fourth-order valence-electron chi connectivity index (χ4n) is 4.74. The number of pyridine rings is 1. The number of rotatable bonds is 6. The molecule has 0 amide bonds. The van der Waals surface area contributed by atoms with Crippen LogP contribution in [0.25, 0.3) is 28.0 Å². The first-order valence-electron chi connectivity index (χ1n) is 12.2. The predicted octanol–water partition coefficient (Wildman–Crippen LogP) is 7.03. The highest BCUT2D eigenvalue weighted by atomic mass is 15.1. The highest BCUT2D eigenvalue weighted by Crippen LogP contribution is 2.39. The van der Waals surface area contributed by atoms with Crippen molar-refractivity contribution in [2.24, 2.45) is 5.73 Å². The lowest BCUT2D eigenvalue weighted by Gasteiger charge is -2.38. The average Bonchev–Trinajstić information content (AvgIpc) is 3.21. The Morgan fingerprint density at radius 3 is 2.50 bits per heavy atom. The van der Waals surface area contributed by atoms with Gasteiger partial charge in [-0.15, -0.1) is 0 Å². The number of nitrogens with zero attached hydrogens (tertiary/aromatic N) is 3. The molecule has 4 heteroatoms. The molecule has 2 aromatic heterocycles. The molecular formula is C30H32N4. The summed E-state index contributed by atoms with van der Waals surface area (Å²) in [4.78, 5) is 10.1. The zero-order valence-corrected chi connectivity index (χ0v) is 20.1. The smallest absolute Gasteiger partial charge is 0.165 e. The molecule has 34 heavy (non-hydrogen) atoms. The van der Waals surface area contributed by atoms with E-state index in [4.69, 9.17) is 15.7 Å². The number of hydrogen-bond acceptors (Lipinski definition) is 3. The topological polar surface area (TPSA) is 56.7 Å². The number of imidazole rings is 1. The molecule has 4 nitrogen and oxygen atoms in total. The maximum atomic E-state index is 6.59. The van der Waals surface area contributed by atoms with Gasteiger partial charge in [-0.05, 0) is 86.9 Å². The van der Waals surface area contributed by atoms with Crippen molar-refractivity contribution < 1.29 is 0 Å². The van der Waals surface area contributed by atoms with E-state index in [0.717, 1.165) is 70.8 Å². The third-order valence-corrected chi connectivity index (χ3v) is 6.90. The summed E-state index contributed by atoms with van der Waals surface area (Å²) in [6.07, 6.45) is 18.2. The van der Waals surface area contributed by atoms with Crippen molar-refractivity contribution in [1.29, 1.82) is 0 Å². The summed E-state index contributed by atoms with van der Waals surface area (Å²) in [6.45, 7) is 8.27. The number of aromatic nitrogens is 3. The van der Waals surface area contributed by atoms with E-state index in [9.17, 15) is 0 Å². The van der Waals surface area contributed by atoms with E-state index in [2.05, 4.69) is 71.8 Å². The summed E-state index contributed by atoms with van der Waals surface area (Å²) in [6, 6.07) is 12.8. The van der Waals surface area contributed by atoms with Crippen molar-refractivity contribution in [3.63, 3.8) is 0 Å². The molecule has 0 unspecified atom stereocenters. The number of hydrogen-bond donors (Lipinski definition) is 1. The number of fused-ring (bicyclic) bond motifs is 1. The van der Waals surface area contributed by atoms with Crippen molar-refractivity contribution in [2.75, 3.05) is 0 Å².